The third-order valence-corrected chi connectivity index (χ3v) is 8.13. The molecule has 1 aliphatic carbocycles. The molecule has 1 heterocycles. The van der Waals surface area contributed by atoms with Gasteiger partial charge in [0.1, 0.15) is 5.82 Å². The zero-order chi connectivity index (χ0) is 21.7. The summed E-state index contributed by atoms with van der Waals surface area (Å²) in [4.78, 5) is 17.3. The zero-order valence-corrected chi connectivity index (χ0v) is 19.2. The molecule has 1 fully saturated rings. The quantitative estimate of drug-likeness (QED) is 0.646. The van der Waals surface area contributed by atoms with Crippen molar-refractivity contribution < 1.29 is 13.2 Å². The van der Waals surface area contributed by atoms with E-state index in [4.69, 9.17) is 0 Å². The van der Waals surface area contributed by atoms with Gasteiger partial charge < -0.3 is 9.88 Å². The lowest BCUT2D eigenvalue weighted by molar-refractivity contribution is -0.121. The molecule has 2 aromatic rings. The number of carbonyl (C=O) groups excluding carboxylic acids is 1. The molecule has 1 aromatic carbocycles. The van der Waals surface area contributed by atoms with Gasteiger partial charge in [-0.2, -0.15) is 4.31 Å². The Labute approximate surface area is 179 Å². The molecule has 3 rings (SSSR count). The topological polar surface area (TPSA) is 84.3 Å². The maximum atomic E-state index is 12.8. The van der Waals surface area contributed by atoms with Gasteiger partial charge >= 0.3 is 0 Å². The Bertz CT molecular complexity index is 972. The first-order valence-electron chi connectivity index (χ1n) is 11.1. The Morgan fingerprint density at radius 1 is 1.17 bits per heavy atom. The number of benzene rings is 1. The first kappa shape index (κ1) is 22.7. The largest absolute Gasteiger partial charge is 0.353 e. The minimum atomic E-state index is -3.52. The van der Waals surface area contributed by atoms with Crippen molar-refractivity contribution in [2.75, 3.05) is 13.1 Å². The van der Waals surface area contributed by atoms with Crippen LogP contribution in [0, 0.1) is 0 Å². The average Bonchev–Trinajstić information content (AvgIpc) is 2.87. The molecule has 7 nitrogen and oxygen atoms in total. The third-order valence-electron chi connectivity index (χ3n) is 6.08. The molecule has 0 unspecified atom stereocenters. The molecule has 0 aliphatic heterocycles. The van der Waals surface area contributed by atoms with Crippen molar-refractivity contribution in [3.63, 3.8) is 0 Å². The molecular formula is C22H34N4O3S. The molecule has 1 aliphatic rings. The molecule has 1 saturated carbocycles. The van der Waals surface area contributed by atoms with Crippen molar-refractivity contribution in [3.8, 4) is 0 Å². The van der Waals surface area contributed by atoms with E-state index in [1.165, 1.54) is 30.0 Å². The van der Waals surface area contributed by atoms with Crippen LogP contribution in [0.4, 0.5) is 0 Å². The van der Waals surface area contributed by atoms with Gasteiger partial charge in [-0.25, -0.2) is 13.4 Å². The number of carbonyl (C=O) groups is 1. The fourth-order valence-corrected chi connectivity index (χ4v) is 5.75. The summed E-state index contributed by atoms with van der Waals surface area (Å²) in [5, 5.41) is 3.18. The maximum Gasteiger partial charge on any atom is 0.243 e. The summed E-state index contributed by atoms with van der Waals surface area (Å²) < 4.78 is 29.0. The maximum absolute atomic E-state index is 12.8. The van der Waals surface area contributed by atoms with Gasteiger partial charge in [0.15, 0.2) is 0 Å². The third kappa shape index (κ3) is 5.03. The van der Waals surface area contributed by atoms with Gasteiger partial charge in [-0.05, 0) is 31.0 Å². The van der Waals surface area contributed by atoms with Crippen molar-refractivity contribution in [2.45, 2.75) is 76.2 Å². The Morgan fingerprint density at radius 2 is 1.83 bits per heavy atom. The second-order valence-corrected chi connectivity index (χ2v) is 10.0. The highest BCUT2D eigenvalue weighted by atomic mass is 32.2. The standard InChI is InChI=1S/C22H34N4O3S/c1-4-26(5-2)30(28,29)18-12-13-20-19(16-18)24-21(25(20)3)14-15-22(27)23-17-10-8-6-7-9-11-17/h12-13,16-17H,4-11,14-15H2,1-3H3,(H,23,27). The molecule has 1 N–H and O–H groups in total. The van der Waals surface area contributed by atoms with Crippen LogP contribution in [0.5, 0.6) is 0 Å². The van der Waals surface area contributed by atoms with Gasteiger partial charge in [-0.3, -0.25) is 4.79 Å². The number of nitrogens with zero attached hydrogens (tertiary/aromatic N) is 3. The first-order valence-corrected chi connectivity index (χ1v) is 12.6. The highest BCUT2D eigenvalue weighted by molar-refractivity contribution is 7.89. The van der Waals surface area contributed by atoms with E-state index in [9.17, 15) is 13.2 Å². The second kappa shape index (κ2) is 9.92. The van der Waals surface area contributed by atoms with Crippen LogP contribution < -0.4 is 5.32 Å². The lowest BCUT2D eigenvalue weighted by Gasteiger charge is -2.18. The van der Waals surface area contributed by atoms with Crippen LogP contribution in [-0.2, 0) is 28.3 Å². The number of rotatable bonds is 8. The molecular weight excluding hydrogens is 400 g/mol. The first-order chi connectivity index (χ1) is 14.4. The summed E-state index contributed by atoms with van der Waals surface area (Å²) in [7, 11) is -1.61. The molecule has 0 atom stereocenters. The van der Waals surface area contributed by atoms with E-state index in [0.717, 1.165) is 24.2 Å². The monoisotopic (exact) mass is 434 g/mol. The predicted octanol–water partition coefficient (Wildman–Crippen LogP) is 3.38. The Kier molecular flexibility index (Phi) is 7.52. The Hall–Kier alpha value is -1.93. The molecule has 1 aromatic heterocycles. The number of fused-ring (bicyclic) bond motifs is 1. The molecule has 0 spiro atoms. The number of nitrogens with one attached hydrogen (secondary N) is 1. The minimum absolute atomic E-state index is 0.0683. The highest BCUT2D eigenvalue weighted by Crippen LogP contribution is 2.23. The molecule has 166 valence electrons. The summed E-state index contributed by atoms with van der Waals surface area (Å²) in [6.45, 7) is 4.53. The summed E-state index contributed by atoms with van der Waals surface area (Å²) >= 11 is 0. The van der Waals surface area contributed by atoms with Crippen LogP contribution in [0.15, 0.2) is 23.1 Å². The van der Waals surface area contributed by atoms with E-state index in [2.05, 4.69) is 10.3 Å². The van der Waals surface area contributed by atoms with Crippen LogP contribution in [0.25, 0.3) is 11.0 Å². The number of hydrogen-bond acceptors (Lipinski definition) is 4. The van der Waals surface area contributed by atoms with Gasteiger partial charge in [0, 0.05) is 39.0 Å². The number of sulfonamides is 1. The molecule has 30 heavy (non-hydrogen) atoms. The minimum Gasteiger partial charge on any atom is -0.353 e. The number of hydrogen-bond donors (Lipinski definition) is 1. The lowest BCUT2D eigenvalue weighted by Crippen LogP contribution is -2.34. The van der Waals surface area contributed by atoms with E-state index in [1.54, 1.807) is 18.2 Å². The second-order valence-electron chi connectivity index (χ2n) is 8.08. The normalized spacial score (nSPS) is 16.1. The van der Waals surface area contributed by atoms with Crippen molar-refractivity contribution >= 4 is 27.0 Å². The number of amides is 1. The molecule has 8 heteroatoms. The van der Waals surface area contributed by atoms with Gasteiger partial charge in [0.05, 0.1) is 15.9 Å². The van der Waals surface area contributed by atoms with Crippen LogP contribution >= 0.6 is 0 Å². The van der Waals surface area contributed by atoms with Crippen molar-refractivity contribution in [3.05, 3.63) is 24.0 Å². The number of imidazole rings is 1. The lowest BCUT2D eigenvalue weighted by atomic mass is 10.1. The van der Waals surface area contributed by atoms with E-state index < -0.39 is 10.0 Å². The van der Waals surface area contributed by atoms with E-state index >= 15 is 0 Å². The van der Waals surface area contributed by atoms with E-state index in [0.29, 0.717) is 37.5 Å². The smallest absolute Gasteiger partial charge is 0.243 e. The highest BCUT2D eigenvalue weighted by Gasteiger charge is 2.23. The van der Waals surface area contributed by atoms with Crippen LogP contribution in [0.3, 0.4) is 0 Å². The zero-order valence-electron chi connectivity index (χ0n) is 18.4. The van der Waals surface area contributed by atoms with Crippen molar-refractivity contribution in [1.82, 2.24) is 19.2 Å². The average molecular weight is 435 g/mol. The fraction of sp³-hybridized carbons (Fsp3) is 0.636. The molecule has 1 amide bonds. The van der Waals surface area contributed by atoms with Crippen LogP contribution in [-0.4, -0.2) is 47.3 Å². The number of aryl methyl sites for hydroxylation is 2. The number of aromatic nitrogens is 2. The van der Waals surface area contributed by atoms with Gasteiger partial charge in [0.2, 0.25) is 15.9 Å². The van der Waals surface area contributed by atoms with E-state index in [1.807, 2.05) is 25.5 Å². The summed E-state index contributed by atoms with van der Waals surface area (Å²) in [6, 6.07) is 5.37. The summed E-state index contributed by atoms with van der Waals surface area (Å²) in [6.07, 6.45) is 7.96. The molecule has 0 saturated heterocycles. The van der Waals surface area contributed by atoms with Crippen LogP contribution in [0.1, 0.15) is 64.6 Å². The fourth-order valence-electron chi connectivity index (χ4n) is 4.28. The van der Waals surface area contributed by atoms with Crippen LogP contribution in [0.2, 0.25) is 0 Å². The Morgan fingerprint density at radius 3 is 2.47 bits per heavy atom. The SMILES string of the molecule is CCN(CC)S(=O)(=O)c1ccc2c(c1)nc(CCC(=O)NC1CCCCCC1)n2C. The summed E-state index contributed by atoms with van der Waals surface area (Å²) in [5.41, 5.74) is 1.51. The Balaban J connectivity index is 1.71. The van der Waals surface area contributed by atoms with Gasteiger partial charge in [-0.1, -0.05) is 39.5 Å². The predicted molar refractivity (Wildman–Crippen MR) is 119 cm³/mol. The van der Waals surface area contributed by atoms with Crippen molar-refractivity contribution in [2.24, 2.45) is 7.05 Å². The molecule has 0 bridgehead atoms. The molecule has 0 radical (unpaired) electrons. The van der Waals surface area contributed by atoms with E-state index in [-0.39, 0.29) is 10.8 Å². The van der Waals surface area contributed by atoms with Gasteiger partial charge in [0.25, 0.3) is 0 Å². The van der Waals surface area contributed by atoms with Gasteiger partial charge in [-0.15, -0.1) is 0 Å². The summed E-state index contributed by atoms with van der Waals surface area (Å²) in [5.74, 6) is 0.858. The van der Waals surface area contributed by atoms with Crippen molar-refractivity contribution in [1.29, 1.82) is 0 Å².